The van der Waals surface area contributed by atoms with Crippen LogP contribution < -0.4 is 0 Å². The topological polar surface area (TPSA) is 46.5 Å². The van der Waals surface area contributed by atoms with Gasteiger partial charge >= 0.3 is 0 Å². The number of benzene rings is 1. The van der Waals surface area contributed by atoms with Crippen LogP contribution in [0.25, 0.3) is 17.1 Å². The smallest absolute Gasteiger partial charge is 0.200 e. The van der Waals surface area contributed by atoms with Crippen molar-refractivity contribution in [1.82, 2.24) is 19.7 Å². The van der Waals surface area contributed by atoms with Crippen molar-refractivity contribution >= 4 is 23.8 Å². The summed E-state index contributed by atoms with van der Waals surface area (Å²) in [5, 5.41) is 7.84. The van der Waals surface area contributed by atoms with E-state index in [0.717, 1.165) is 22.6 Å². The second-order valence-corrected chi connectivity index (χ2v) is 5.10. The summed E-state index contributed by atoms with van der Waals surface area (Å²) in [6, 6.07) is 9.51. The van der Waals surface area contributed by atoms with Crippen LogP contribution in [0.1, 0.15) is 5.56 Å². The molecule has 0 fully saturated rings. The maximum atomic E-state index is 6.19. The lowest BCUT2D eigenvalue weighted by atomic mass is 10.2. The highest BCUT2D eigenvalue weighted by Gasteiger charge is 2.13. The van der Waals surface area contributed by atoms with E-state index in [1.165, 1.54) is 0 Å². The molecule has 1 aromatic carbocycles. The molecular weight excluding hydrogens is 292 g/mol. The maximum absolute atomic E-state index is 6.19. The van der Waals surface area contributed by atoms with E-state index in [1.54, 1.807) is 12.4 Å². The quantitative estimate of drug-likeness (QED) is 0.729. The first-order valence-electron chi connectivity index (χ1n) is 6.02. The SMILES string of the molecule is Cc1c(Cl)cccc1-n1c(-c2ccncc2)n[nH]c1=S. The Kier molecular flexibility index (Phi) is 3.38. The molecule has 0 aliphatic rings. The van der Waals surface area contributed by atoms with Crippen molar-refractivity contribution in [3.63, 3.8) is 0 Å². The van der Waals surface area contributed by atoms with Gasteiger partial charge in [-0.25, -0.2) is 0 Å². The van der Waals surface area contributed by atoms with E-state index in [1.807, 2.05) is 41.8 Å². The predicted octanol–water partition coefficient (Wildman–Crippen LogP) is 3.95. The number of H-pyrrole nitrogens is 1. The molecule has 6 heteroatoms. The van der Waals surface area contributed by atoms with Gasteiger partial charge in [0.15, 0.2) is 10.6 Å². The molecule has 0 saturated heterocycles. The largest absolute Gasteiger partial charge is 0.268 e. The lowest BCUT2D eigenvalue weighted by molar-refractivity contribution is 1.02. The Balaban J connectivity index is 2.28. The van der Waals surface area contributed by atoms with Crippen molar-refractivity contribution in [3.05, 3.63) is 58.1 Å². The van der Waals surface area contributed by atoms with E-state index < -0.39 is 0 Å². The molecule has 4 nitrogen and oxygen atoms in total. The van der Waals surface area contributed by atoms with E-state index in [9.17, 15) is 0 Å². The minimum absolute atomic E-state index is 0.530. The number of rotatable bonds is 2. The lowest BCUT2D eigenvalue weighted by Crippen LogP contribution is -2.00. The Morgan fingerprint density at radius 3 is 2.70 bits per heavy atom. The first kappa shape index (κ1) is 13.0. The molecule has 2 heterocycles. The second-order valence-electron chi connectivity index (χ2n) is 4.31. The van der Waals surface area contributed by atoms with Crippen LogP contribution >= 0.6 is 23.8 Å². The van der Waals surface area contributed by atoms with Crippen molar-refractivity contribution < 1.29 is 0 Å². The number of hydrogen-bond acceptors (Lipinski definition) is 3. The van der Waals surface area contributed by atoms with Crippen LogP contribution in [-0.4, -0.2) is 19.7 Å². The van der Waals surface area contributed by atoms with Gasteiger partial charge in [0.1, 0.15) is 0 Å². The van der Waals surface area contributed by atoms with Crippen LogP contribution in [0.5, 0.6) is 0 Å². The van der Waals surface area contributed by atoms with E-state index in [0.29, 0.717) is 9.79 Å². The minimum Gasteiger partial charge on any atom is -0.268 e. The molecule has 0 spiro atoms. The molecule has 0 bridgehead atoms. The van der Waals surface area contributed by atoms with Crippen LogP contribution in [0, 0.1) is 11.7 Å². The molecule has 3 rings (SSSR count). The Labute approximate surface area is 126 Å². The van der Waals surface area contributed by atoms with Gasteiger partial charge in [-0.2, -0.15) is 5.10 Å². The van der Waals surface area contributed by atoms with Gasteiger partial charge in [-0.3, -0.25) is 14.6 Å². The zero-order valence-electron chi connectivity index (χ0n) is 10.7. The molecule has 20 heavy (non-hydrogen) atoms. The first-order valence-corrected chi connectivity index (χ1v) is 6.80. The molecule has 0 amide bonds. The number of nitrogens with one attached hydrogen (secondary N) is 1. The molecule has 0 aliphatic carbocycles. The molecule has 0 unspecified atom stereocenters. The summed E-state index contributed by atoms with van der Waals surface area (Å²) < 4.78 is 2.41. The first-order chi connectivity index (χ1) is 9.68. The summed E-state index contributed by atoms with van der Waals surface area (Å²) in [7, 11) is 0. The number of aromatic nitrogens is 4. The van der Waals surface area contributed by atoms with Gasteiger partial charge in [0.05, 0.1) is 5.69 Å². The third kappa shape index (κ3) is 2.15. The number of nitrogens with zero attached hydrogens (tertiary/aromatic N) is 3. The fraction of sp³-hybridized carbons (Fsp3) is 0.0714. The Hall–Kier alpha value is -1.98. The number of aromatic amines is 1. The number of hydrogen-bond donors (Lipinski definition) is 1. The zero-order valence-corrected chi connectivity index (χ0v) is 12.2. The van der Waals surface area contributed by atoms with Crippen molar-refractivity contribution in [2.45, 2.75) is 6.92 Å². The Bertz CT molecular complexity index is 808. The van der Waals surface area contributed by atoms with Gasteiger partial charge in [-0.05, 0) is 49.0 Å². The van der Waals surface area contributed by atoms with Crippen molar-refractivity contribution in [1.29, 1.82) is 0 Å². The average Bonchev–Trinajstić information content (AvgIpc) is 2.85. The fourth-order valence-corrected chi connectivity index (χ4v) is 2.45. The van der Waals surface area contributed by atoms with Crippen LogP contribution in [0.4, 0.5) is 0 Å². The predicted molar refractivity (Wildman–Crippen MR) is 81.7 cm³/mol. The van der Waals surface area contributed by atoms with Crippen molar-refractivity contribution in [2.24, 2.45) is 0 Å². The van der Waals surface area contributed by atoms with Crippen LogP contribution in [0.15, 0.2) is 42.7 Å². The molecule has 0 saturated carbocycles. The summed E-state index contributed by atoms with van der Waals surface area (Å²) in [5.41, 5.74) is 2.82. The van der Waals surface area contributed by atoms with E-state index in [4.69, 9.17) is 23.8 Å². The number of halogens is 1. The summed E-state index contributed by atoms with van der Waals surface area (Å²) >= 11 is 11.5. The van der Waals surface area contributed by atoms with Gasteiger partial charge in [0, 0.05) is 23.0 Å². The zero-order chi connectivity index (χ0) is 14.1. The molecule has 3 aromatic rings. The fourth-order valence-electron chi connectivity index (χ4n) is 2.05. The molecule has 100 valence electrons. The van der Waals surface area contributed by atoms with Crippen LogP contribution in [-0.2, 0) is 0 Å². The highest BCUT2D eigenvalue weighted by Crippen LogP contribution is 2.26. The standard InChI is InChI=1S/C14H11ClN4S/c1-9-11(15)3-2-4-12(9)19-13(17-18-14(19)20)10-5-7-16-8-6-10/h2-8H,1H3,(H,18,20). The van der Waals surface area contributed by atoms with E-state index in [2.05, 4.69) is 15.2 Å². The lowest BCUT2D eigenvalue weighted by Gasteiger charge is -2.10. The summed E-state index contributed by atoms with van der Waals surface area (Å²) in [5.74, 6) is 0.739. The van der Waals surface area contributed by atoms with Gasteiger partial charge in [0.25, 0.3) is 0 Å². The molecule has 1 N–H and O–H groups in total. The second kappa shape index (κ2) is 5.19. The van der Waals surface area contributed by atoms with Crippen molar-refractivity contribution in [3.8, 4) is 17.1 Å². The normalized spacial score (nSPS) is 10.7. The minimum atomic E-state index is 0.530. The molecule has 2 aromatic heterocycles. The average molecular weight is 303 g/mol. The van der Waals surface area contributed by atoms with Gasteiger partial charge in [-0.15, -0.1) is 0 Å². The van der Waals surface area contributed by atoms with E-state index in [-0.39, 0.29) is 0 Å². The monoisotopic (exact) mass is 302 g/mol. The Morgan fingerprint density at radius 1 is 1.20 bits per heavy atom. The highest BCUT2D eigenvalue weighted by atomic mass is 35.5. The third-order valence-electron chi connectivity index (χ3n) is 3.09. The molecule has 0 atom stereocenters. The molecule has 0 aliphatic heterocycles. The van der Waals surface area contributed by atoms with Gasteiger partial charge in [0.2, 0.25) is 0 Å². The third-order valence-corrected chi connectivity index (χ3v) is 3.77. The maximum Gasteiger partial charge on any atom is 0.200 e. The highest BCUT2D eigenvalue weighted by molar-refractivity contribution is 7.71. The Morgan fingerprint density at radius 2 is 1.95 bits per heavy atom. The van der Waals surface area contributed by atoms with Gasteiger partial charge in [-0.1, -0.05) is 17.7 Å². The van der Waals surface area contributed by atoms with E-state index >= 15 is 0 Å². The number of pyridine rings is 1. The summed E-state index contributed by atoms with van der Waals surface area (Å²) in [6.07, 6.45) is 3.45. The van der Waals surface area contributed by atoms with Gasteiger partial charge < -0.3 is 0 Å². The van der Waals surface area contributed by atoms with Crippen molar-refractivity contribution in [2.75, 3.05) is 0 Å². The molecular formula is C14H11ClN4S. The van der Waals surface area contributed by atoms with Crippen LogP contribution in [0.2, 0.25) is 5.02 Å². The summed E-state index contributed by atoms with van der Waals surface area (Å²) in [4.78, 5) is 4.02. The molecule has 0 radical (unpaired) electrons. The van der Waals surface area contributed by atoms with Crippen LogP contribution in [0.3, 0.4) is 0 Å². The summed E-state index contributed by atoms with van der Waals surface area (Å²) in [6.45, 7) is 1.96.